The first-order chi connectivity index (χ1) is 11.3. The lowest BCUT2D eigenvalue weighted by molar-refractivity contribution is 0.302. The molecule has 0 unspecified atom stereocenters. The first-order valence-electron chi connectivity index (χ1n) is 8.43. The number of rotatable bonds is 10. The smallest absolute Gasteiger partial charge is 0.159 e. The van der Waals surface area contributed by atoms with E-state index in [1.807, 2.05) is 12.1 Å². The molecule has 0 spiro atoms. The number of nitrogens with zero attached hydrogens (tertiary/aromatic N) is 2. The van der Waals surface area contributed by atoms with Crippen LogP contribution in [-0.4, -0.2) is 16.6 Å². The molecule has 1 aromatic heterocycles. The molecule has 0 aliphatic heterocycles. The fraction of sp³-hybridized carbons (Fsp3) is 0.474. The molecule has 0 atom stereocenters. The highest BCUT2D eigenvalue weighted by Crippen LogP contribution is 2.18. The molecule has 0 saturated carbocycles. The Hall–Kier alpha value is -1.42. The molecule has 0 amide bonds. The molecule has 1 heterocycles. The molecule has 0 saturated heterocycles. The van der Waals surface area contributed by atoms with Gasteiger partial charge in [0.25, 0.3) is 0 Å². The zero-order chi connectivity index (χ0) is 16.3. The van der Waals surface area contributed by atoms with Crippen molar-refractivity contribution in [3.05, 3.63) is 42.2 Å². The van der Waals surface area contributed by atoms with Crippen molar-refractivity contribution < 1.29 is 4.74 Å². The van der Waals surface area contributed by atoms with Crippen molar-refractivity contribution in [3.8, 4) is 17.1 Å². The van der Waals surface area contributed by atoms with E-state index in [2.05, 4.69) is 45.0 Å². The molecule has 124 valence electrons. The molecule has 2 rings (SSSR count). The van der Waals surface area contributed by atoms with Crippen molar-refractivity contribution in [2.24, 2.45) is 0 Å². The van der Waals surface area contributed by atoms with Crippen molar-refractivity contribution in [2.75, 3.05) is 6.61 Å². The van der Waals surface area contributed by atoms with E-state index >= 15 is 0 Å². The maximum atomic E-state index is 5.71. The fourth-order valence-corrected chi connectivity index (χ4v) is 2.73. The first kappa shape index (κ1) is 17.9. The Morgan fingerprint density at radius 3 is 2.22 bits per heavy atom. The number of hydrogen-bond donors (Lipinski definition) is 0. The predicted octanol–water partition coefficient (Wildman–Crippen LogP) is 5.78. The van der Waals surface area contributed by atoms with Crippen LogP contribution in [0.25, 0.3) is 11.4 Å². The summed E-state index contributed by atoms with van der Waals surface area (Å²) in [4.78, 5) is 8.79. The number of benzene rings is 1. The second-order valence-electron chi connectivity index (χ2n) is 5.69. The van der Waals surface area contributed by atoms with Crippen molar-refractivity contribution >= 4 is 15.9 Å². The van der Waals surface area contributed by atoms with Gasteiger partial charge in [-0.15, -0.1) is 0 Å². The van der Waals surface area contributed by atoms with Crippen molar-refractivity contribution in [1.82, 2.24) is 9.97 Å². The Labute approximate surface area is 147 Å². The van der Waals surface area contributed by atoms with E-state index in [0.717, 1.165) is 35.5 Å². The fourth-order valence-electron chi connectivity index (χ4n) is 2.36. The largest absolute Gasteiger partial charge is 0.490 e. The summed E-state index contributed by atoms with van der Waals surface area (Å²) < 4.78 is 5.71. The van der Waals surface area contributed by atoms with Crippen LogP contribution in [0.3, 0.4) is 0 Å². The lowest BCUT2D eigenvalue weighted by Gasteiger charge is -2.06. The summed E-state index contributed by atoms with van der Waals surface area (Å²) in [5.41, 5.74) is 2.27. The molecule has 0 bridgehead atoms. The molecule has 0 aliphatic carbocycles. The molecule has 3 nitrogen and oxygen atoms in total. The first-order valence-corrected chi connectivity index (χ1v) is 9.55. The highest BCUT2D eigenvalue weighted by atomic mass is 79.9. The third-order valence-corrected chi connectivity index (χ3v) is 4.41. The zero-order valence-electron chi connectivity index (χ0n) is 13.8. The third kappa shape index (κ3) is 6.30. The summed E-state index contributed by atoms with van der Waals surface area (Å²) in [6.45, 7) is 2.98. The maximum absolute atomic E-state index is 5.71. The van der Waals surface area contributed by atoms with E-state index in [1.54, 1.807) is 12.4 Å². The van der Waals surface area contributed by atoms with Gasteiger partial charge in [0.05, 0.1) is 19.0 Å². The SMILES string of the molecule is CCCCCCCCOc1cnc(-c2ccc(CBr)cc2)nc1. The molecule has 1 aromatic carbocycles. The lowest BCUT2D eigenvalue weighted by atomic mass is 10.1. The Morgan fingerprint density at radius 1 is 0.913 bits per heavy atom. The van der Waals surface area contributed by atoms with Gasteiger partial charge in [0.1, 0.15) is 0 Å². The molecule has 0 N–H and O–H groups in total. The molecule has 2 aromatic rings. The molecular weight excluding hydrogens is 352 g/mol. The van der Waals surface area contributed by atoms with Gasteiger partial charge in [0, 0.05) is 10.9 Å². The average molecular weight is 377 g/mol. The van der Waals surface area contributed by atoms with Gasteiger partial charge in [-0.25, -0.2) is 9.97 Å². The van der Waals surface area contributed by atoms with Crippen molar-refractivity contribution in [3.63, 3.8) is 0 Å². The minimum atomic E-state index is 0.734. The van der Waals surface area contributed by atoms with E-state index in [-0.39, 0.29) is 0 Å². The highest BCUT2D eigenvalue weighted by molar-refractivity contribution is 9.08. The average Bonchev–Trinajstić information content (AvgIpc) is 2.61. The summed E-state index contributed by atoms with van der Waals surface area (Å²) in [6.07, 6.45) is 11.1. The van der Waals surface area contributed by atoms with E-state index in [9.17, 15) is 0 Å². The number of hydrogen-bond acceptors (Lipinski definition) is 3. The van der Waals surface area contributed by atoms with Crippen molar-refractivity contribution in [2.45, 2.75) is 50.8 Å². The summed E-state index contributed by atoms with van der Waals surface area (Å²) in [7, 11) is 0. The quantitative estimate of drug-likeness (QED) is 0.389. The zero-order valence-corrected chi connectivity index (χ0v) is 15.4. The van der Waals surface area contributed by atoms with Gasteiger partial charge in [0.2, 0.25) is 0 Å². The van der Waals surface area contributed by atoms with Crippen LogP contribution in [-0.2, 0) is 5.33 Å². The van der Waals surface area contributed by atoms with Gasteiger partial charge in [-0.05, 0) is 12.0 Å². The monoisotopic (exact) mass is 376 g/mol. The highest BCUT2D eigenvalue weighted by Gasteiger charge is 2.02. The summed E-state index contributed by atoms with van der Waals surface area (Å²) in [6, 6.07) is 8.25. The third-order valence-electron chi connectivity index (χ3n) is 3.76. The minimum absolute atomic E-state index is 0.734. The molecule has 0 aliphatic rings. The number of ether oxygens (including phenoxy) is 1. The van der Waals surface area contributed by atoms with Crippen LogP contribution in [0.5, 0.6) is 5.75 Å². The van der Waals surface area contributed by atoms with E-state index in [0.29, 0.717) is 0 Å². The number of aromatic nitrogens is 2. The van der Waals surface area contributed by atoms with Gasteiger partial charge in [-0.2, -0.15) is 0 Å². The Morgan fingerprint density at radius 2 is 1.57 bits per heavy atom. The van der Waals surface area contributed by atoms with Crippen LogP contribution in [0, 0.1) is 0 Å². The van der Waals surface area contributed by atoms with Crippen LogP contribution >= 0.6 is 15.9 Å². The predicted molar refractivity (Wildman–Crippen MR) is 99.0 cm³/mol. The van der Waals surface area contributed by atoms with Crippen LogP contribution in [0.15, 0.2) is 36.7 Å². The van der Waals surface area contributed by atoms with Crippen LogP contribution in [0.1, 0.15) is 51.0 Å². The lowest BCUT2D eigenvalue weighted by Crippen LogP contribution is -1.99. The Bertz CT molecular complexity index is 555. The second-order valence-corrected chi connectivity index (χ2v) is 6.25. The normalized spacial score (nSPS) is 10.7. The summed E-state index contributed by atoms with van der Waals surface area (Å²) in [5, 5.41) is 0.860. The molecule has 23 heavy (non-hydrogen) atoms. The molecule has 4 heteroatoms. The van der Waals surface area contributed by atoms with Crippen LogP contribution in [0.4, 0.5) is 0 Å². The number of unbranched alkanes of at least 4 members (excludes halogenated alkanes) is 5. The maximum Gasteiger partial charge on any atom is 0.159 e. The Balaban J connectivity index is 1.75. The topological polar surface area (TPSA) is 35.0 Å². The van der Waals surface area contributed by atoms with Crippen LogP contribution < -0.4 is 4.74 Å². The number of alkyl halides is 1. The van der Waals surface area contributed by atoms with Crippen LogP contribution in [0.2, 0.25) is 0 Å². The van der Waals surface area contributed by atoms with Gasteiger partial charge >= 0.3 is 0 Å². The molecule has 0 radical (unpaired) electrons. The van der Waals surface area contributed by atoms with E-state index < -0.39 is 0 Å². The van der Waals surface area contributed by atoms with Gasteiger partial charge in [-0.3, -0.25) is 0 Å². The number of halogens is 1. The standard InChI is InChI=1S/C19H25BrN2O/c1-2-3-4-5-6-7-12-23-18-14-21-19(22-15-18)17-10-8-16(13-20)9-11-17/h8-11,14-15H,2-7,12-13H2,1H3. The van der Waals surface area contributed by atoms with E-state index in [4.69, 9.17) is 4.74 Å². The van der Waals surface area contributed by atoms with E-state index in [1.165, 1.54) is 37.7 Å². The molecular formula is C19H25BrN2O. The minimum Gasteiger partial charge on any atom is -0.490 e. The summed E-state index contributed by atoms with van der Waals surface area (Å²) >= 11 is 3.45. The summed E-state index contributed by atoms with van der Waals surface area (Å²) in [5.74, 6) is 1.48. The van der Waals surface area contributed by atoms with Gasteiger partial charge in [0.15, 0.2) is 11.6 Å². The van der Waals surface area contributed by atoms with Gasteiger partial charge in [-0.1, -0.05) is 79.2 Å². The Kier molecular flexibility index (Phi) is 8.08. The van der Waals surface area contributed by atoms with Gasteiger partial charge < -0.3 is 4.74 Å². The second kappa shape index (κ2) is 10.4. The molecule has 0 fully saturated rings. The van der Waals surface area contributed by atoms with Crippen molar-refractivity contribution in [1.29, 1.82) is 0 Å².